The van der Waals surface area contributed by atoms with Crippen LogP contribution in [0.1, 0.15) is 22.8 Å². The van der Waals surface area contributed by atoms with Gasteiger partial charge in [0.05, 0.1) is 55.2 Å². The van der Waals surface area contributed by atoms with Crippen molar-refractivity contribution >= 4 is 46.4 Å². The summed E-state index contributed by atoms with van der Waals surface area (Å²) in [4.78, 5) is 19.0. The van der Waals surface area contributed by atoms with Gasteiger partial charge in [-0.1, -0.05) is 30.3 Å². The second-order valence-electron chi connectivity index (χ2n) is 8.71. The molecule has 0 saturated heterocycles. The van der Waals surface area contributed by atoms with Crippen molar-refractivity contribution in [3.63, 3.8) is 0 Å². The normalized spacial score (nSPS) is 11.7. The molecule has 0 spiro atoms. The number of nitrogens with one attached hydrogen (secondary N) is 1. The number of ether oxygens (including phenoxy) is 3. The monoisotopic (exact) mass is 562 g/mol. The molecule has 3 aromatic heterocycles. The second kappa shape index (κ2) is 10.7. The zero-order valence-electron chi connectivity index (χ0n) is 21.8. The molecule has 0 aliphatic carbocycles. The van der Waals surface area contributed by atoms with Crippen LogP contribution in [0.3, 0.4) is 0 Å². The van der Waals surface area contributed by atoms with Gasteiger partial charge in [0.15, 0.2) is 17.0 Å². The van der Waals surface area contributed by atoms with Gasteiger partial charge in [0, 0.05) is 28.7 Å². The van der Waals surface area contributed by atoms with Gasteiger partial charge in [0.1, 0.15) is 18.4 Å². The van der Waals surface area contributed by atoms with E-state index in [1.165, 1.54) is 0 Å². The molecule has 1 aromatic carbocycles. The molecule has 0 fully saturated rings. The predicted molar refractivity (Wildman–Crippen MR) is 150 cm³/mol. The molecule has 2 aliphatic rings. The molecular weight excluding hydrogens is 536 g/mol. The van der Waals surface area contributed by atoms with Gasteiger partial charge >= 0.3 is 0 Å². The standard InChI is InChI=1S/C30H26N4O4.Fe/c1-35-25-17-23-15-21-11-10-19(31-21)14-20-12-13-22(32-20)16-24-26(18-8-6-5-7-9-18)29(36-2)28(34(24)38-4)30(37-3)27(25)33-23;/h5-17,33H,1-4H3;. The summed E-state index contributed by atoms with van der Waals surface area (Å²) in [6.07, 6.45) is 7.87. The number of hydrogen-bond donors (Lipinski definition) is 1. The Kier molecular flexibility index (Phi) is 7.19. The third-order valence-corrected chi connectivity index (χ3v) is 6.49. The summed E-state index contributed by atoms with van der Waals surface area (Å²) >= 11 is 0. The van der Waals surface area contributed by atoms with Crippen molar-refractivity contribution in [1.29, 1.82) is 0 Å². The fourth-order valence-corrected chi connectivity index (χ4v) is 4.89. The first-order valence-electron chi connectivity index (χ1n) is 12.1. The van der Waals surface area contributed by atoms with Crippen molar-refractivity contribution in [2.24, 2.45) is 0 Å². The predicted octanol–water partition coefficient (Wildman–Crippen LogP) is 5.88. The van der Waals surface area contributed by atoms with Crippen LogP contribution in [0.2, 0.25) is 0 Å². The number of methoxy groups -OCH3 is 3. The largest absolute Gasteiger partial charge is 0.494 e. The van der Waals surface area contributed by atoms with Crippen LogP contribution in [0, 0.1) is 0 Å². The van der Waals surface area contributed by atoms with Crippen LogP contribution in [0.25, 0.3) is 57.5 Å². The summed E-state index contributed by atoms with van der Waals surface area (Å²) in [5.41, 5.74) is 7.80. The van der Waals surface area contributed by atoms with Crippen LogP contribution in [0.15, 0.2) is 54.6 Å². The molecule has 2 aliphatic heterocycles. The summed E-state index contributed by atoms with van der Waals surface area (Å²) in [6.45, 7) is 0. The summed E-state index contributed by atoms with van der Waals surface area (Å²) in [6, 6.07) is 17.8. The van der Waals surface area contributed by atoms with Crippen molar-refractivity contribution in [1.82, 2.24) is 19.7 Å². The van der Waals surface area contributed by atoms with E-state index < -0.39 is 0 Å². The van der Waals surface area contributed by atoms with E-state index in [9.17, 15) is 0 Å². The summed E-state index contributed by atoms with van der Waals surface area (Å²) < 4.78 is 19.5. The van der Waals surface area contributed by atoms with E-state index in [4.69, 9.17) is 29.0 Å². The van der Waals surface area contributed by atoms with Gasteiger partial charge in [0.25, 0.3) is 0 Å². The molecule has 0 radical (unpaired) electrons. The maximum atomic E-state index is 6.06. The molecule has 0 atom stereocenters. The quantitative estimate of drug-likeness (QED) is 0.265. The van der Waals surface area contributed by atoms with E-state index in [0.717, 1.165) is 44.9 Å². The Morgan fingerprint density at radius 1 is 0.692 bits per heavy atom. The number of H-pyrrole nitrogens is 1. The molecule has 198 valence electrons. The van der Waals surface area contributed by atoms with Crippen LogP contribution in [0.5, 0.6) is 17.2 Å². The van der Waals surface area contributed by atoms with Gasteiger partial charge in [0.2, 0.25) is 0 Å². The number of benzene rings is 1. The van der Waals surface area contributed by atoms with E-state index in [2.05, 4.69) is 4.98 Å². The smallest absolute Gasteiger partial charge is 0.177 e. The average molecular weight is 562 g/mol. The fraction of sp³-hybridized carbons (Fsp3) is 0.133. The number of hydrogen-bond acceptors (Lipinski definition) is 6. The molecule has 6 rings (SSSR count). The minimum absolute atomic E-state index is 0. The zero-order chi connectivity index (χ0) is 26.2. The Morgan fingerprint density at radius 2 is 1.31 bits per heavy atom. The molecule has 5 heterocycles. The molecule has 8 bridgehead atoms. The first-order chi connectivity index (χ1) is 18.6. The van der Waals surface area contributed by atoms with Crippen molar-refractivity contribution in [2.45, 2.75) is 0 Å². The number of rotatable bonds is 5. The molecule has 0 amide bonds. The van der Waals surface area contributed by atoms with Crippen molar-refractivity contribution in [3.8, 4) is 28.4 Å². The summed E-state index contributed by atoms with van der Waals surface area (Å²) in [5.74, 6) is 1.69. The fourth-order valence-electron chi connectivity index (χ4n) is 4.89. The Bertz CT molecular complexity index is 1770. The third kappa shape index (κ3) is 4.56. The molecule has 39 heavy (non-hydrogen) atoms. The van der Waals surface area contributed by atoms with E-state index >= 15 is 0 Å². The Balaban J connectivity index is 0.00000308. The minimum Gasteiger partial charge on any atom is -0.494 e. The van der Waals surface area contributed by atoms with Gasteiger partial charge in [-0.3, -0.25) is 0 Å². The summed E-state index contributed by atoms with van der Waals surface area (Å²) in [5, 5.41) is 0. The molecule has 4 aromatic rings. The maximum absolute atomic E-state index is 6.06. The number of aromatic nitrogens is 4. The molecule has 1 N–H and O–H groups in total. The molecule has 0 unspecified atom stereocenters. The van der Waals surface area contributed by atoms with Gasteiger partial charge in [-0.15, -0.1) is 0 Å². The molecule has 0 saturated carbocycles. The van der Waals surface area contributed by atoms with Crippen LogP contribution < -0.4 is 19.0 Å². The average Bonchev–Trinajstić information content (AvgIpc) is 3.72. The first kappa shape index (κ1) is 26.2. The third-order valence-electron chi connectivity index (χ3n) is 6.49. The van der Waals surface area contributed by atoms with Crippen molar-refractivity contribution < 1.29 is 36.1 Å². The maximum Gasteiger partial charge on any atom is 0.177 e. The van der Waals surface area contributed by atoms with Crippen molar-refractivity contribution in [2.75, 3.05) is 28.4 Å². The SMILES string of the molecule is COc1cc2cc3nc(cc4nc(cc5c(-c6ccccc6)c(OC)c(c(OC)c1[nH]2)n5OC)C=C4)C=C3.[Fe]. The number of fused-ring (bicyclic) bond motifs is 8. The Hall–Kier alpha value is -4.46. The van der Waals surface area contributed by atoms with E-state index in [-0.39, 0.29) is 17.1 Å². The second-order valence-corrected chi connectivity index (χ2v) is 8.71. The van der Waals surface area contributed by atoms with Crippen LogP contribution in [-0.2, 0) is 17.1 Å². The van der Waals surface area contributed by atoms with Gasteiger partial charge in [-0.2, -0.15) is 4.73 Å². The van der Waals surface area contributed by atoms with Crippen LogP contribution in [0.4, 0.5) is 0 Å². The van der Waals surface area contributed by atoms with E-state index in [0.29, 0.717) is 28.3 Å². The number of nitrogens with zero attached hydrogens (tertiary/aromatic N) is 3. The van der Waals surface area contributed by atoms with Crippen LogP contribution >= 0.6 is 0 Å². The zero-order valence-corrected chi connectivity index (χ0v) is 22.9. The molecular formula is C30H26FeN4O4. The van der Waals surface area contributed by atoms with E-state index in [1.54, 1.807) is 33.2 Å². The van der Waals surface area contributed by atoms with E-state index in [1.807, 2.05) is 78.9 Å². The minimum atomic E-state index is 0. The van der Waals surface area contributed by atoms with Crippen molar-refractivity contribution in [3.05, 3.63) is 77.4 Å². The Morgan fingerprint density at radius 3 is 1.90 bits per heavy atom. The van der Waals surface area contributed by atoms with Gasteiger partial charge < -0.3 is 24.0 Å². The first-order valence-corrected chi connectivity index (χ1v) is 12.1. The van der Waals surface area contributed by atoms with Gasteiger partial charge in [-0.25, -0.2) is 9.97 Å². The Labute approximate surface area is 236 Å². The molecule has 8 nitrogen and oxygen atoms in total. The topological polar surface area (TPSA) is 83.4 Å². The van der Waals surface area contributed by atoms with Crippen LogP contribution in [-0.4, -0.2) is 48.1 Å². The van der Waals surface area contributed by atoms with Gasteiger partial charge in [-0.05, 0) is 48.1 Å². The molecule has 9 heteroatoms. The number of aromatic amines is 1. The summed E-state index contributed by atoms with van der Waals surface area (Å²) in [7, 11) is 6.49.